The summed E-state index contributed by atoms with van der Waals surface area (Å²) in [7, 11) is 0. The standard InChI is InChI=1S/C46H87NO13/c1-6-11-12-14-17-23-42(50)54-32-21-16-13-15-18-24-43(51)56-36-41(38-60-46(53)55-33-22-27-47(28-30-48)29-31-49)37-57-44(52)25-19-20-26-45(58-34-39(7-2)8-3)59-35-40(9-4)10-5/h39-41,45,48-49H,6-38H2,1-5H3. The lowest BCUT2D eigenvalue weighted by molar-refractivity contribution is -0.162. The maximum Gasteiger partial charge on any atom is 0.508 e. The minimum absolute atomic E-state index is 0.0413. The monoisotopic (exact) mass is 862 g/mol. The van der Waals surface area contributed by atoms with Gasteiger partial charge >= 0.3 is 24.1 Å². The Morgan fingerprint density at radius 1 is 0.450 bits per heavy atom. The van der Waals surface area contributed by atoms with E-state index in [2.05, 4.69) is 34.6 Å². The third kappa shape index (κ3) is 35.1. The number of hydrogen-bond donors (Lipinski definition) is 2. The van der Waals surface area contributed by atoms with Gasteiger partial charge in [-0.2, -0.15) is 0 Å². The molecule has 0 aliphatic heterocycles. The van der Waals surface area contributed by atoms with Crippen molar-refractivity contribution in [1.29, 1.82) is 0 Å². The maximum atomic E-state index is 12.8. The van der Waals surface area contributed by atoms with E-state index in [1.807, 2.05) is 4.90 Å². The van der Waals surface area contributed by atoms with Crippen LogP contribution in [0.4, 0.5) is 4.79 Å². The number of esters is 3. The summed E-state index contributed by atoms with van der Waals surface area (Å²) >= 11 is 0. The third-order valence-corrected chi connectivity index (χ3v) is 10.8. The molecule has 14 heteroatoms. The van der Waals surface area contributed by atoms with Crippen LogP contribution in [-0.4, -0.2) is 125 Å². The van der Waals surface area contributed by atoms with Crippen molar-refractivity contribution in [2.45, 2.75) is 176 Å². The highest BCUT2D eigenvalue weighted by Crippen LogP contribution is 2.17. The van der Waals surface area contributed by atoms with Crippen LogP contribution in [0.1, 0.15) is 169 Å². The van der Waals surface area contributed by atoms with E-state index in [9.17, 15) is 29.4 Å². The molecule has 0 saturated carbocycles. The minimum atomic E-state index is -0.891. The van der Waals surface area contributed by atoms with Gasteiger partial charge in [0.25, 0.3) is 0 Å². The molecular weight excluding hydrogens is 774 g/mol. The predicted octanol–water partition coefficient (Wildman–Crippen LogP) is 8.56. The Balaban J connectivity index is 4.83. The second-order valence-corrected chi connectivity index (χ2v) is 15.9. The molecule has 354 valence electrons. The van der Waals surface area contributed by atoms with Gasteiger partial charge in [-0.1, -0.05) is 105 Å². The van der Waals surface area contributed by atoms with Crippen molar-refractivity contribution in [3.63, 3.8) is 0 Å². The molecule has 0 aromatic carbocycles. The van der Waals surface area contributed by atoms with E-state index >= 15 is 0 Å². The molecule has 0 bridgehead atoms. The normalized spacial score (nSPS) is 12.1. The van der Waals surface area contributed by atoms with Crippen molar-refractivity contribution in [3.05, 3.63) is 0 Å². The van der Waals surface area contributed by atoms with Crippen molar-refractivity contribution < 1.29 is 62.5 Å². The topological polar surface area (TPSA) is 177 Å². The van der Waals surface area contributed by atoms with Gasteiger partial charge in [0.2, 0.25) is 0 Å². The first-order valence-electron chi connectivity index (χ1n) is 23.6. The molecule has 1 atom stereocenters. The number of rotatable bonds is 43. The van der Waals surface area contributed by atoms with Gasteiger partial charge < -0.3 is 43.4 Å². The van der Waals surface area contributed by atoms with Crippen LogP contribution in [0.25, 0.3) is 0 Å². The average molecular weight is 862 g/mol. The third-order valence-electron chi connectivity index (χ3n) is 10.8. The SMILES string of the molecule is CCCCCCCC(=O)OCCCCCCCC(=O)OCC(COC(=O)CCCCC(OCC(CC)CC)OCC(CC)CC)COC(=O)OCCCN(CCO)CCO. The van der Waals surface area contributed by atoms with Crippen LogP contribution in [0.3, 0.4) is 0 Å². The molecule has 0 heterocycles. The Morgan fingerprint density at radius 3 is 1.42 bits per heavy atom. The van der Waals surface area contributed by atoms with E-state index < -0.39 is 18.0 Å². The molecule has 0 saturated heterocycles. The van der Waals surface area contributed by atoms with Gasteiger partial charge in [0.05, 0.1) is 45.6 Å². The summed E-state index contributed by atoms with van der Waals surface area (Å²) in [6, 6.07) is 0. The first kappa shape index (κ1) is 57.5. The summed E-state index contributed by atoms with van der Waals surface area (Å²) in [5.41, 5.74) is 0. The zero-order chi connectivity index (χ0) is 44.5. The van der Waals surface area contributed by atoms with Gasteiger partial charge in [-0.05, 0) is 56.8 Å². The maximum absolute atomic E-state index is 12.8. The van der Waals surface area contributed by atoms with Crippen molar-refractivity contribution >= 4 is 24.1 Å². The lowest BCUT2D eigenvalue weighted by atomic mass is 10.1. The first-order valence-corrected chi connectivity index (χ1v) is 23.6. The van der Waals surface area contributed by atoms with Gasteiger partial charge in [-0.3, -0.25) is 19.3 Å². The molecule has 0 spiro atoms. The van der Waals surface area contributed by atoms with Gasteiger partial charge in [0, 0.05) is 38.9 Å². The Hall–Kier alpha value is -2.52. The fourth-order valence-corrected chi connectivity index (χ4v) is 6.36. The zero-order valence-corrected chi connectivity index (χ0v) is 38.5. The summed E-state index contributed by atoms with van der Waals surface area (Å²) in [5.74, 6) is -0.526. The molecule has 0 aromatic heterocycles. The van der Waals surface area contributed by atoms with Crippen molar-refractivity contribution in [2.24, 2.45) is 17.8 Å². The number of aliphatic hydroxyl groups excluding tert-OH is 2. The quantitative estimate of drug-likeness (QED) is 0.0258. The lowest BCUT2D eigenvalue weighted by Gasteiger charge is -2.23. The molecule has 60 heavy (non-hydrogen) atoms. The van der Waals surface area contributed by atoms with Crippen LogP contribution < -0.4 is 0 Å². The summed E-state index contributed by atoms with van der Waals surface area (Å²) in [4.78, 5) is 51.5. The Labute approximate surface area is 363 Å². The van der Waals surface area contributed by atoms with E-state index in [-0.39, 0.29) is 70.7 Å². The average Bonchev–Trinajstić information content (AvgIpc) is 3.24. The van der Waals surface area contributed by atoms with Crippen LogP contribution in [0.5, 0.6) is 0 Å². The molecular formula is C46H87NO13. The van der Waals surface area contributed by atoms with E-state index in [4.69, 9.17) is 33.2 Å². The molecule has 1 unspecified atom stereocenters. The Morgan fingerprint density at radius 2 is 0.900 bits per heavy atom. The zero-order valence-electron chi connectivity index (χ0n) is 38.5. The van der Waals surface area contributed by atoms with E-state index in [1.54, 1.807) is 0 Å². The predicted molar refractivity (Wildman–Crippen MR) is 232 cm³/mol. The van der Waals surface area contributed by atoms with Crippen LogP contribution in [0, 0.1) is 17.8 Å². The van der Waals surface area contributed by atoms with Crippen LogP contribution >= 0.6 is 0 Å². The molecule has 14 nitrogen and oxygen atoms in total. The Kier molecular flexibility index (Phi) is 40.1. The number of unbranched alkanes of at least 4 members (excludes halogenated alkanes) is 9. The minimum Gasteiger partial charge on any atom is -0.466 e. The molecule has 0 amide bonds. The molecule has 0 aliphatic carbocycles. The van der Waals surface area contributed by atoms with Crippen molar-refractivity contribution in [3.8, 4) is 0 Å². The van der Waals surface area contributed by atoms with E-state index in [1.165, 1.54) is 12.8 Å². The van der Waals surface area contributed by atoms with Crippen molar-refractivity contribution in [2.75, 3.05) is 79.1 Å². The summed E-state index contributed by atoms with van der Waals surface area (Å²) < 4.78 is 39.2. The molecule has 0 fully saturated rings. The number of ether oxygens (including phenoxy) is 7. The highest BCUT2D eigenvalue weighted by atomic mass is 16.7. The Bertz CT molecular complexity index is 1000. The fourth-order valence-electron chi connectivity index (χ4n) is 6.36. The molecule has 0 aromatic rings. The summed E-state index contributed by atoms with van der Waals surface area (Å²) in [6.45, 7) is 13.5. The van der Waals surface area contributed by atoms with Gasteiger partial charge in [-0.15, -0.1) is 0 Å². The van der Waals surface area contributed by atoms with Gasteiger partial charge in [-0.25, -0.2) is 4.79 Å². The van der Waals surface area contributed by atoms with Crippen LogP contribution in [0.15, 0.2) is 0 Å². The van der Waals surface area contributed by atoms with Crippen LogP contribution in [-0.2, 0) is 47.5 Å². The van der Waals surface area contributed by atoms with E-state index in [0.717, 1.165) is 77.0 Å². The van der Waals surface area contributed by atoms with Gasteiger partial charge in [0.15, 0.2) is 6.29 Å². The molecule has 2 N–H and O–H groups in total. The highest BCUT2D eigenvalue weighted by molar-refractivity contribution is 5.70. The van der Waals surface area contributed by atoms with Crippen LogP contribution in [0.2, 0.25) is 0 Å². The second-order valence-electron chi connectivity index (χ2n) is 15.9. The van der Waals surface area contributed by atoms with E-state index in [0.29, 0.717) is 83.4 Å². The summed E-state index contributed by atoms with van der Waals surface area (Å²) in [6.07, 6.45) is 16.0. The second kappa shape index (κ2) is 41.8. The largest absolute Gasteiger partial charge is 0.508 e. The summed E-state index contributed by atoms with van der Waals surface area (Å²) in [5, 5.41) is 18.4. The first-order chi connectivity index (χ1) is 29.1. The number of carbonyl (C=O) groups excluding carboxylic acids is 4. The number of nitrogens with zero attached hydrogens (tertiary/aromatic N) is 1. The molecule has 0 aliphatic rings. The molecule has 0 radical (unpaired) electrons. The highest BCUT2D eigenvalue weighted by Gasteiger charge is 2.20. The smallest absolute Gasteiger partial charge is 0.466 e. The van der Waals surface area contributed by atoms with Crippen molar-refractivity contribution in [1.82, 2.24) is 4.90 Å². The van der Waals surface area contributed by atoms with Gasteiger partial charge in [0.1, 0.15) is 19.8 Å². The number of aliphatic hydroxyl groups is 2. The fraction of sp³-hybridized carbons (Fsp3) is 0.913. The number of hydrogen-bond acceptors (Lipinski definition) is 14. The molecule has 0 rings (SSSR count). The number of carbonyl (C=O) groups is 4. The lowest BCUT2D eigenvalue weighted by Crippen LogP contribution is -2.31.